The molecule has 2 fully saturated rings. The molecule has 0 aliphatic carbocycles. The van der Waals surface area contributed by atoms with Crippen LogP contribution in [0.15, 0.2) is 10.6 Å². The molecule has 0 radical (unpaired) electrons. The smallest absolute Gasteiger partial charge is 0.292 e. The van der Waals surface area contributed by atoms with Crippen molar-refractivity contribution in [3.05, 3.63) is 17.5 Å². The Labute approximate surface area is 123 Å². The zero-order valence-electron chi connectivity index (χ0n) is 12.0. The molecule has 0 aromatic carbocycles. The van der Waals surface area contributed by atoms with Crippen molar-refractivity contribution in [3.63, 3.8) is 0 Å². The Morgan fingerprint density at radius 3 is 2.57 bits per heavy atom. The maximum absolute atomic E-state index is 12.2. The lowest BCUT2D eigenvalue weighted by Crippen LogP contribution is -2.52. The molecular weight excluding hydrogens is 294 g/mol. The summed E-state index contributed by atoms with van der Waals surface area (Å²) in [6.07, 6.45) is 0.706. The van der Waals surface area contributed by atoms with Crippen LogP contribution in [0.5, 0.6) is 0 Å². The quantitative estimate of drug-likeness (QED) is 0.760. The lowest BCUT2D eigenvalue weighted by molar-refractivity contribution is 0.0550. The van der Waals surface area contributed by atoms with Gasteiger partial charge in [-0.3, -0.25) is 9.69 Å². The molecule has 116 valence electrons. The number of aromatic nitrogens is 1. The maximum atomic E-state index is 12.2. The highest BCUT2D eigenvalue weighted by molar-refractivity contribution is 7.91. The minimum atomic E-state index is -2.86. The van der Waals surface area contributed by atoms with Crippen molar-refractivity contribution in [2.45, 2.75) is 19.4 Å². The second-order valence-electron chi connectivity index (χ2n) is 5.72. The van der Waals surface area contributed by atoms with Crippen LogP contribution < -0.4 is 0 Å². The summed E-state index contributed by atoms with van der Waals surface area (Å²) in [6, 6.07) is 1.75. The summed E-state index contributed by atoms with van der Waals surface area (Å²) in [7, 11) is -2.86. The third-order valence-corrected chi connectivity index (χ3v) is 5.92. The lowest BCUT2D eigenvalue weighted by Gasteiger charge is -2.37. The van der Waals surface area contributed by atoms with Gasteiger partial charge in [0.05, 0.1) is 17.2 Å². The number of aryl methyl sites for hydroxylation is 1. The fraction of sp³-hybridized carbons (Fsp3) is 0.692. The van der Waals surface area contributed by atoms with E-state index in [0.717, 1.165) is 0 Å². The second kappa shape index (κ2) is 5.42. The first kappa shape index (κ1) is 14.5. The van der Waals surface area contributed by atoms with Crippen LogP contribution in [0.25, 0.3) is 0 Å². The van der Waals surface area contributed by atoms with E-state index >= 15 is 0 Å². The van der Waals surface area contributed by atoms with Crippen molar-refractivity contribution in [2.24, 2.45) is 0 Å². The number of hydrogen-bond acceptors (Lipinski definition) is 6. The van der Waals surface area contributed by atoms with Crippen molar-refractivity contribution < 1.29 is 17.7 Å². The third-order valence-electron chi connectivity index (χ3n) is 4.17. The Hall–Kier alpha value is -1.41. The van der Waals surface area contributed by atoms with Gasteiger partial charge in [0.2, 0.25) is 5.76 Å². The number of hydrogen-bond donors (Lipinski definition) is 0. The normalized spacial score (nSPS) is 26.1. The van der Waals surface area contributed by atoms with Gasteiger partial charge in [-0.2, -0.15) is 0 Å². The summed E-state index contributed by atoms with van der Waals surface area (Å²) in [5, 5.41) is 3.73. The van der Waals surface area contributed by atoms with E-state index in [9.17, 15) is 13.2 Å². The fourth-order valence-corrected chi connectivity index (χ4v) is 4.74. The van der Waals surface area contributed by atoms with Gasteiger partial charge in [0.1, 0.15) is 0 Å². The number of carbonyl (C=O) groups excluding carboxylic acids is 1. The molecule has 2 aliphatic rings. The Morgan fingerprint density at radius 2 is 2.05 bits per heavy atom. The molecule has 2 saturated heterocycles. The summed E-state index contributed by atoms with van der Waals surface area (Å²) in [4.78, 5) is 16.1. The molecule has 0 bridgehead atoms. The molecule has 3 heterocycles. The summed E-state index contributed by atoms with van der Waals surface area (Å²) in [5.41, 5.74) is 0.688. The molecule has 8 heteroatoms. The minimum Gasteiger partial charge on any atom is -0.351 e. The summed E-state index contributed by atoms with van der Waals surface area (Å²) in [5.74, 6) is 0.662. The molecule has 7 nitrogen and oxygen atoms in total. The van der Waals surface area contributed by atoms with Crippen LogP contribution in [0.1, 0.15) is 22.7 Å². The van der Waals surface area contributed by atoms with E-state index in [1.165, 1.54) is 0 Å². The highest BCUT2D eigenvalue weighted by atomic mass is 32.2. The van der Waals surface area contributed by atoms with Gasteiger partial charge in [-0.05, 0) is 13.3 Å². The molecule has 21 heavy (non-hydrogen) atoms. The minimum absolute atomic E-state index is 0.111. The van der Waals surface area contributed by atoms with Gasteiger partial charge < -0.3 is 9.42 Å². The molecule has 3 rings (SSSR count). The number of rotatable bonds is 2. The van der Waals surface area contributed by atoms with Gasteiger partial charge >= 0.3 is 0 Å². The molecule has 0 N–H and O–H groups in total. The highest BCUT2D eigenvalue weighted by Crippen LogP contribution is 2.20. The van der Waals surface area contributed by atoms with Gasteiger partial charge in [0, 0.05) is 38.3 Å². The fourth-order valence-electron chi connectivity index (χ4n) is 2.97. The van der Waals surface area contributed by atoms with Gasteiger partial charge in [-0.1, -0.05) is 5.16 Å². The van der Waals surface area contributed by atoms with Gasteiger partial charge in [0.15, 0.2) is 9.84 Å². The number of piperazine rings is 1. The lowest BCUT2D eigenvalue weighted by atomic mass is 10.2. The monoisotopic (exact) mass is 313 g/mol. The first-order valence-electron chi connectivity index (χ1n) is 7.12. The summed E-state index contributed by atoms with van der Waals surface area (Å²) < 4.78 is 28.1. The van der Waals surface area contributed by atoms with Crippen LogP contribution in [0.2, 0.25) is 0 Å². The number of nitrogens with zero attached hydrogens (tertiary/aromatic N) is 3. The van der Waals surface area contributed by atoms with Crippen molar-refractivity contribution in [2.75, 3.05) is 37.7 Å². The van der Waals surface area contributed by atoms with E-state index in [1.54, 1.807) is 17.9 Å². The Morgan fingerprint density at radius 1 is 1.33 bits per heavy atom. The zero-order chi connectivity index (χ0) is 15.0. The van der Waals surface area contributed by atoms with E-state index in [-0.39, 0.29) is 29.2 Å². The number of amides is 1. The Bertz CT molecular complexity index is 632. The molecule has 1 atom stereocenters. The van der Waals surface area contributed by atoms with Crippen molar-refractivity contribution >= 4 is 15.7 Å². The predicted octanol–water partition coefficient (Wildman–Crippen LogP) is -0.0721. The summed E-state index contributed by atoms with van der Waals surface area (Å²) >= 11 is 0. The molecule has 2 aliphatic heterocycles. The van der Waals surface area contributed by atoms with E-state index in [4.69, 9.17) is 4.52 Å². The van der Waals surface area contributed by atoms with E-state index in [2.05, 4.69) is 10.1 Å². The molecule has 1 amide bonds. The largest absolute Gasteiger partial charge is 0.351 e. The van der Waals surface area contributed by atoms with E-state index < -0.39 is 9.84 Å². The first-order valence-corrected chi connectivity index (χ1v) is 8.94. The molecule has 0 spiro atoms. The third kappa shape index (κ3) is 3.11. The van der Waals surface area contributed by atoms with E-state index in [1.807, 2.05) is 0 Å². The van der Waals surface area contributed by atoms with Crippen LogP contribution >= 0.6 is 0 Å². The van der Waals surface area contributed by atoms with Gasteiger partial charge in [-0.15, -0.1) is 0 Å². The van der Waals surface area contributed by atoms with Crippen LogP contribution in [0.4, 0.5) is 0 Å². The SMILES string of the molecule is Cc1cc(C(=O)N2CCN([C@@H]3CCS(=O)(=O)C3)CC2)on1. The number of carbonyl (C=O) groups is 1. The average molecular weight is 313 g/mol. The predicted molar refractivity (Wildman–Crippen MR) is 75.8 cm³/mol. The van der Waals surface area contributed by atoms with Crippen molar-refractivity contribution in [1.82, 2.24) is 15.0 Å². The zero-order valence-corrected chi connectivity index (χ0v) is 12.8. The topological polar surface area (TPSA) is 83.7 Å². The van der Waals surface area contributed by atoms with E-state index in [0.29, 0.717) is 38.3 Å². The van der Waals surface area contributed by atoms with Crippen LogP contribution in [-0.2, 0) is 9.84 Å². The molecule has 1 aromatic rings. The number of sulfone groups is 1. The van der Waals surface area contributed by atoms with Gasteiger partial charge in [-0.25, -0.2) is 8.42 Å². The molecule has 1 aromatic heterocycles. The molecule has 0 saturated carbocycles. The van der Waals surface area contributed by atoms with Crippen molar-refractivity contribution in [1.29, 1.82) is 0 Å². The van der Waals surface area contributed by atoms with Gasteiger partial charge in [0.25, 0.3) is 5.91 Å². The standard InChI is InChI=1S/C13H19N3O4S/c1-10-8-12(20-14-10)13(17)16-5-3-15(4-6-16)11-2-7-21(18,19)9-11/h8,11H,2-7,9H2,1H3/t11-/m1/s1. The van der Waals surface area contributed by atoms with Crippen molar-refractivity contribution in [3.8, 4) is 0 Å². The highest BCUT2D eigenvalue weighted by Gasteiger charge is 2.34. The maximum Gasteiger partial charge on any atom is 0.292 e. The van der Waals surface area contributed by atoms with Crippen LogP contribution in [-0.4, -0.2) is 73.0 Å². The first-order chi connectivity index (χ1) is 9.94. The Kier molecular flexibility index (Phi) is 3.75. The second-order valence-corrected chi connectivity index (χ2v) is 7.95. The Balaban J connectivity index is 1.57. The average Bonchev–Trinajstić information content (AvgIpc) is 3.04. The van der Waals surface area contributed by atoms with Crippen LogP contribution in [0.3, 0.4) is 0 Å². The van der Waals surface area contributed by atoms with Crippen LogP contribution in [0, 0.1) is 6.92 Å². The molecular formula is C13H19N3O4S. The summed E-state index contributed by atoms with van der Waals surface area (Å²) in [6.45, 7) is 4.38. The molecule has 0 unspecified atom stereocenters.